The molecule has 9 heteroatoms. The van der Waals surface area contributed by atoms with Crippen LogP contribution in [-0.2, 0) is 10.0 Å². The molecule has 19 heavy (non-hydrogen) atoms. The standard InChI is InChI=1S/C10H12F3N3O2S/c11-10(12,13)6-16(7-1-2-7)19(17,18)8-3-4-15-9(14)5-8/h3-5,7H,1-2,6H2,(H2,14,15). The molecule has 106 valence electrons. The number of pyridine rings is 1. The van der Waals surface area contributed by atoms with Crippen LogP contribution in [0.2, 0.25) is 0 Å². The van der Waals surface area contributed by atoms with Crippen molar-refractivity contribution in [2.45, 2.75) is 30.0 Å². The molecule has 0 bridgehead atoms. The minimum Gasteiger partial charge on any atom is -0.384 e. The lowest BCUT2D eigenvalue weighted by Gasteiger charge is -2.23. The monoisotopic (exact) mass is 295 g/mol. The van der Waals surface area contributed by atoms with E-state index in [4.69, 9.17) is 5.73 Å². The second-order valence-electron chi connectivity index (χ2n) is 4.31. The van der Waals surface area contributed by atoms with Crippen molar-refractivity contribution in [2.75, 3.05) is 12.3 Å². The van der Waals surface area contributed by atoms with Crippen molar-refractivity contribution in [1.29, 1.82) is 0 Å². The maximum Gasteiger partial charge on any atom is 0.402 e. The Morgan fingerprint density at radius 2 is 2.05 bits per heavy atom. The number of hydrogen-bond acceptors (Lipinski definition) is 4. The summed E-state index contributed by atoms with van der Waals surface area (Å²) < 4.78 is 62.3. The SMILES string of the molecule is Nc1cc(S(=O)(=O)N(CC(F)(F)F)C2CC2)ccn1. The summed E-state index contributed by atoms with van der Waals surface area (Å²) in [5, 5.41) is 0. The first-order valence-corrected chi connectivity index (χ1v) is 6.94. The Balaban J connectivity index is 2.35. The van der Waals surface area contributed by atoms with E-state index in [-0.39, 0.29) is 10.7 Å². The van der Waals surface area contributed by atoms with Crippen molar-refractivity contribution >= 4 is 15.8 Å². The van der Waals surface area contributed by atoms with Gasteiger partial charge >= 0.3 is 6.18 Å². The summed E-state index contributed by atoms with van der Waals surface area (Å²) in [6.07, 6.45) is -2.54. The third kappa shape index (κ3) is 3.35. The zero-order chi connectivity index (χ0) is 14.3. The first-order chi connectivity index (χ1) is 8.70. The molecule has 2 N–H and O–H groups in total. The quantitative estimate of drug-likeness (QED) is 0.910. The molecule has 5 nitrogen and oxygen atoms in total. The van der Waals surface area contributed by atoms with Gasteiger partial charge in [-0.15, -0.1) is 0 Å². The van der Waals surface area contributed by atoms with Crippen LogP contribution in [0.4, 0.5) is 19.0 Å². The van der Waals surface area contributed by atoms with Gasteiger partial charge in [0, 0.05) is 18.3 Å². The molecule has 1 aliphatic carbocycles. The summed E-state index contributed by atoms with van der Waals surface area (Å²) in [6, 6.07) is 1.61. The van der Waals surface area contributed by atoms with Gasteiger partial charge in [0.15, 0.2) is 0 Å². The van der Waals surface area contributed by atoms with Crippen LogP contribution < -0.4 is 5.73 Å². The maximum absolute atomic E-state index is 12.5. The molecule has 1 heterocycles. The summed E-state index contributed by atoms with van der Waals surface area (Å²) in [7, 11) is -4.20. The van der Waals surface area contributed by atoms with Crippen molar-refractivity contribution in [1.82, 2.24) is 9.29 Å². The lowest BCUT2D eigenvalue weighted by molar-refractivity contribution is -0.137. The van der Waals surface area contributed by atoms with Crippen LogP contribution in [-0.4, -0.2) is 36.5 Å². The number of anilines is 1. The van der Waals surface area contributed by atoms with Gasteiger partial charge < -0.3 is 5.73 Å². The van der Waals surface area contributed by atoms with Gasteiger partial charge in [0.1, 0.15) is 12.4 Å². The van der Waals surface area contributed by atoms with Crippen molar-refractivity contribution in [3.8, 4) is 0 Å². The van der Waals surface area contributed by atoms with E-state index >= 15 is 0 Å². The van der Waals surface area contributed by atoms with E-state index in [1.165, 1.54) is 0 Å². The predicted octanol–water partition coefficient (Wildman–Crippen LogP) is 1.38. The summed E-state index contributed by atoms with van der Waals surface area (Å²) in [5.74, 6) is -0.0520. The first kappa shape index (κ1) is 14.1. The van der Waals surface area contributed by atoms with Gasteiger partial charge in [-0.3, -0.25) is 0 Å². The minimum absolute atomic E-state index is 0.0520. The van der Waals surface area contributed by atoms with Gasteiger partial charge in [-0.05, 0) is 18.9 Å². The van der Waals surface area contributed by atoms with Gasteiger partial charge in [-0.1, -0.05) is 0 Å². The zero-order valence-electron chi connectivity index (χ0n) is 9.76. The number of hydrogen-bond donors (Lipinski definition) is 1. The summed E-state index contributed by atoms with van der Waals surface area (Å²) in [4.78, 5) is 3.35. The second-order valence-corrected chi connectivity index (χ2v) is 6.20. The predicted molar refractivity (Wildman–Crippen MR) is 61.6 cm³/mol. The Morgan fingerprint density at radius 1 is 1.42 bits per heavy atom. The molecule has 0 atom stereocenters. The average Bonchev–Trinajstić information content (AvgIpc) is 3.08. The number of aromatic nitrogens is 1. The highest BCUT2D eigenvalue weighted by Gasteiger charge is 2.44. The molecule has 0 unspecified atom stereocenters. The van der Waals surface area contributed by atoms with Crippen LogP contribution in [0, 0.1) is 0 Å². The molecule has 0 spiro atoms. The van der Waals surface area contributed by atoms with Crippen LogP contribution in [0.3, 0.4) is 0 Å². The Labute approximate surface area is 108 Å². The Bertz CT molecular complexity index is 570. The molecule has 1 aromatic heterocycles. The normalized spacial score (nSPS) is 16.8. The van der Waals surface area contributed by atoms with Gasteiger partial charge in [0.2, 0.25) is 10.0 Å². The molecule has 0 aromatic carbocycles. The number of nitrogen functional groups attached to an aromatic ring is 1. The molecular formula is C10H12F3N3O2S. The highest BCUT2D eigenvalue weighted by atomic mass is 32.2. The third-order valence-electron chi connectivity index (χ3n) is 2.65. The lowest BCUT2D eigenvalue weighted by atomic mass is 10.5. The third-order valence-corrected chi connectivity index (χ3v) is 4.54. The maximum atomic E-state index is 12.5. The van der Waals surface area contributed by atoms with Gasteiger partial charge in [0.05, 0.1) is 4.90 Å². The number of nitrogens with zero attached hydrogens (tertiary/aromatic N) is 2. The van der Waals surface area contributed by atoms with E-state index in [2.05, 4.69) is 4.98 Å². The molecule has 0 amide bonds. The number of sulfonamides is 1. The molecular weight excluding hydrogens is 283 g/mol. The zero-order valence-corrected chi connectivity index (χ0v) is 10.6. The average molecular weight is 295 g/mol. The van der Waals surface area contributed by atoms with E-state index in [0.717, 1.165) is 18.3 Å². The van der Waals surface area contributed by atoms with E-state index in [0.29, 0.717) is 17.1 Å². The highest BCUT2D eigenvalue weighted by Crippen LogP contribution is 2.34. The Kier molecular flexibility index (Phi) is 3.43. The Hall–Kier alpha value is -1.35. The van der Waals surface area contributed by atoms with Crippen LogP contribution in [0.15, 0.2) is 23.2 Å². The molecule has 1 aromatic rings. The fraction of sp³-hybridized carbons (Fsp3) is 0.500. The highest BCUT2D eigenvalue weighted by molar-refractivity contribution is 7.89. The van der Waals surface area contributed by atoms with Gasteiger partial charge in [-0.25, -0.2) is 13.4 Å². The second kappa shape index (κ2) is 4.64. The smallest absolute Gasteiger partial charge is 0.384 e. The fourth-order valence-electron chi connectivity index (χ4n) is 1.67. The van der Waals surface area contributed by atoms with E-state index < -0.39 is 28.8 Å². The molecule has 0 radical (unpaired) electrons. The number of rotatable bonds is 4. The van der Waals surface area contributed by atoms with Crippen molar-refractivity contribution < 1.29 is 21.6 Å². The molecule has 1 aliphatic rings. The van der Waals surface area contributed by atoms with E-state index in [1.54, 1.807) is 0 Å². The summed E-state index contributed by atoms with van der Waals surface area (Å²) >= 11 is 0. The van der Waals surface area contributed by atoms with Crippen molar-refractivity contribution in [2.24, 2.45) is 0 Å². The van der Waals surface area contributed by atoms with Gasteiger partial charge in [0.25, 0.3) is 0 Å². The lowest BCUT2D eigenvalue weighted by Crippen LogP contribution is -2.40. The number of halogens is 3. The minimum atomic E-state index is -4.58. The van der Waals surface area contributed by atoms with E-state index in [9.17, 15) is 21.6 Å². The number of nitrogens with two attached hydrogens (primary N) is 1. The summed E-state index contributed by atoms with van der Waals surface area (Å²) in [5.41, 5.74) is 5.36. The topological polar surface area (TPSA) is 76.3 Å². The van der Waals surface area contributed by atoms with Crippen LogP contribution >= 0.6 is 0 Å². The van der Waals surface area contributed by atoms with E-state index in [1.807, 2.05) is 0 Å². The summed E-state index contributed by atoms with van der Waals surface area (Å²) in [6.45, 7) is -1.48. The largest absolute Gasteiger partial charge is 0.402 e. The van der Waals surface area contributed by atoms with Gasteiger partial charge in [-0.2, -0.15) is 17.5 Å². The number of alkyl halides is 3. The van der Waals surface area contributed by atoms with Crippen LogP contribution in [0.25, 0.3) is 0 Å². The van der Waals surface area contributed by atoms with Crippen LogP contribution in [0.5, 0.6) is 0 Å². The van der Waals surface area contributed by atoms with Crippen molar-refractivity contribution in [3.63, 3.8) is 0 Å². The fourth-order valence-corrected chi connectivity index (χ4v) is 3.37. The molecule has 2 rings (SSSR count). The first-order valence-electron chi connectivity index (χ1n) is 5.50. The Morgan fingerprint density at radius 3 is 2.53 bits per heavy atom. The molecule has 0 saturated heterocycles. The molecule has 1 fully saturated rings. The molecule has 0 aliphatic heterocycles. The van der Waals surface area contributed by atoms with Crippen LogP contribution in [0.1, 0.15) is 12.8 Å². The van der Waals surface area contributed by atoms with Crippen molar-refractivity contribution in [3.05, 3.63) is 18.3 Å². The molecule has 1 saturated carbocycles.